The zero-order chi connectivity index (χ0) is 17.4. The molecule has 0 aromatic heterocycles. The number of alkyl halides is 2. The second-order valence-corrected chi connectivity index (χ2v) is 4.49. The third-order valence-electron chi connectivity index (χ3n) is 3.16. The molecular weight excluding hydrogens is 310 g/mol. The van der Waals surface area contributed by atoms with Crippen molar-refractivity contribution in [2.45, 2.75) is 20.5 Å². The highest BCUT2D eigenvalue weighted by atomic mass is 19.3. The Labute approximate surface area is 133 Å². The maximum Gasteiger partial charge on any atom is 0.387 e. The molecule has 1 rings (SSSR count). The highest BCUT2D eigenvalue weighted by Gasteiger charge is 2.16. The van der Waals surface area contributed by atoms with Gasteiger partial charge >= 0.3 is 6.61 Å². The molecule has 0 aliphatic heterocycles. The van der Waals surface area contributed by atoms with Crippen LogP contribution in [-0.4, -0.2) is 50.1 Å². The number of methoxy groups -OCH3 is 1. The van der Waals surface area contributed by atoms with Crippen LogP contribution >= 0.6 is 0 Å². The molecule has 1 N–H and O–H groups in total. The lowest BCUT2D eigenvalue weighted by Crippen LogP contribution is -2.40. The van der Waals surface area contributed by atoms with E-state index in [1.807, 2.05) is 13.8 Å². The lowest BCUT2D eigenvalue weighted by molar-refractivity contribution is -0.129. The molecule has 6 nitrogen and oxygen atoms in total. The Morgan fingerprint density at radius 1 is 1.22 bits per heavy atom. The van der Waals surface area contributed by atoms with Gasteiger partial charge in [-0.1, -0.05) is 0 Å². The predicted molar refractivity (Wildman–Crippen MR) is 79.9 cm³/mol. The summed E-state index contributed by atoms with van der Waals surface area (Å²) in [5.74, 6) is -0.869. The van der Waals surface area contributed by atoms with Crippen molar-refractivity contribution in [1.82, 2.24) is 10.2 Å². The molecule has 0 fully saturated rings. The number of rotatable bonds is 8. The third-order valence-corrected chi connectivity index (χ3v) is 3.16. The van der Waals surface area contributed by atoms with Gasteiger partial charge in [0.2, 0.25) is 5.91 Å². The average molecular weight is 330 g/mol. The zero-order valence-corrected chi connectivity index (χ0v) is 13.3. The van der Waals surface area contributed by atoms with Crippen molar-refractivity contribution in [3.8, 4) is 11.5 Å². The number of nitrogens with one attached hydrogen (secondary N) is 1. The van der Waals surface area contributed by atoms with Crippen molar-refractivity contribution in [2.24, 2.45) is 0 Å². The van der Waals surface area contributed by atoms with Crippen LogP contribution in [0.5, 0.6) is 11.5 Å². The van der Waals surface area contributed by atoms with E-state index in [4.69, 9.17) is 4.74 Å². The summed E-state index contributed by atoms with van der Waals surface area (Å²) in [6.07, 6.45) is 0. The van der Waals surface area contributed by atoms with E-state index >= 15 is 0 Å². The number of benzene rings is 1. The van der Waals surface area contributed by atoms with Crippen LogP contribution in [0.4, 0.5) is 8.78 Å². The topological polar surface area (TPSA) is 67.9 Å². The van der Waals surface area contributed by atoms with E-state index in [-0.39, 0.29) is 29.5 Å². The van der Waals surface area contributed by atoms with E-state index in [9.17, 15) is 18.4 Å². The molecule has 0 unspecified atom stereocenters. The van der Waals surface area contributed by atoms with E-state index in [0.29, 0.717) is 13.1 Å². The fraction of sp³-hybridized carbons (Fsp3) is 0.467. The standard InChI is InChI=1S/C15H20F2N2O4/c1-4-19(5-2)13(20)9-18-14(21)10-6-7-11(23-15(16)17)12(8-10)22-3/h6-8,15H,4-5,9H2,1-3H3,(H,18,21). The molecule has 0 bridgehead atoms. The fourth-order valence-electron chi connectivity index (χ4n) is 1.95. The minimum atomic E-state index is -2.99. The van der Waals surface area contributed by atoms with Crippen LogP contribution in [-0.2, 0) is 4.79 Å². The van der Waals surface area contributed by atoms with Gasteiger partial charge in [0.05, 0.1) is 13.7 Å². The number of hydrogen-bond donors (Lipinski definition) is 1. The fourth-order valence-corrected chi connectivity index (χ4v) is 1.95. The zero-order valence-electron chi connectivity index (χ0n) is 13.3. The molecule has 23 heavy (non-hydrogen) atoms. The molecule has 2 amide bonds. The van der Waals surface area contributed by atoms with Crippen molar-refractivity contribution >= 4 is 11.8 Å². The molecular formula is C15H20F2N2O4. The van der Waals surface area contributed by atoms with Crippen molar-refractivity contribution in [3.05, 3.63) is 23.8 Å². The Morgan fingerprint density at radius 2 is 1.87 bits per heavy atom. The Hall–Kier alpha value is -2.38. The van der Waals surface area contributed by atoms with Crippen LogP contribution in [0, 0.1) is 0 Å². The summed E-state index contributed by atoms with van der Waals surface area (Å²) in [4.78, 5) is 25.4. The van der Waals surface area contributed by atoms with E-state index in [2.05, 4.69) is 10.1 Å². The quantitative estimate of drug-likeness (QED) is 0.790. The molecule has 0 atom stereocenters. The first-order valence-electron chi connectivity index (χ1n) is 7.11. The minimum Gasteiger partial charge on any atom is -0.493 e. The summed E-state index contributed by atoms with van der Waals surface area (Å²) < 4.78 is 33.7. The van der Waals surface area contributed by atoms with Gasteiger partial charge in [0, 0.05) is 18.7 Å². The van der Waals surface area contributed by atoms with Crippen LogP contribution in [0.1, 0.15) is 24.2 Å². The van der Waals surface area contributed by atoms with Gasteiger partial charge in [-0.3, -0.25) is 9.59 Å². The van der Waals surface area contributed by atoms with Gasteiger partial charge in [-0.2, -0.15) is 8.78 Å². The van der Waals surface area contributed by atoms with Gasteiger partial charge in [-0.25, -0.2) is 0 Å². The van der Waals surface area contributed by atoms with E-state index in [0.717, 1.165) is 0 Å². The van der Waals surface area contributed by atoms with Crippen molar-refractivity contribution in [3.63, 3.8) is 0 Å². The number of carbonyl (C=O) groups is 2. The first kappa shape index (κ1) is 18.7. The summed E-state index contributed by atoms with van der Waals surface area (Å²) in [7, 11) is 1.28. The minimum absolute atomic E-state index is 0.00743. The van der Waals surface area contributed by atoms with Crippen LogP contribution in [0.25, 0.3) is 0 Å². The SMILES string of the molecule is CCN(CC)C(=O)CNC(=O)c1ccc(OC(F)F)c(OC)c1. The summed E-state index contributed by atoms with van der Waals surface area (Å²) in [6.45, 7) is 1.66. The second-order valence-electron chi connectivity index (χ2n) is 4.49. The molecule has 0 saturated heterocycles. The molecule has 0 aliphatic rings. The van der Waals surface area contributed by atoms with Gasteiger partial charge in [0.15, 0.2) is 11.5 Å². The molecule has 1 aromatic rings. The molecule has 0 heterocycles. The number of carbonyl (C=O) groups excluding carboxylic acids is 2. The van der Waals surface area contributed by atoms with E-state index < -0.39 is 12.5 Å². The normalized spacial score (nSPS) is 10.3. The molecule has 1 aromatic carbocycles. The third kappa shape index (κ3) is 5.39. The van der Waals surface area contributed by atoms with Crippen LogP contribution in [0.2, 0.25) is 0 Å². The number of nitrogens with zero attached hydrogens (tertiary/aromatic N) is 1. The van der Waals surface area contributed by atoms with Gasteiger partial charge in [0.1, 0.15) is 0 Å². The van der Waals surface area contributed by atoms with Gasteiger partial charge in [0.25, 0.3) is 5.91 Å². The number of likely N-dealkylation sites (N-methyl/N-ethyl adjacent to an activating group) is 1. The molecule has 0 aliphatic carbocycles. The molecule has 0 spiro atoms. The van der Waals surface area contributed by atoms with Crippen LogP contribution in [0.15, 0.2) is 18.2 Å². The maximum atomic E-state index is 12.2. The van der Waals surface area contributed by atoms with Crippen molar-refractivity contribution < 1.29 is 27.8 Å². The lowest BCUT2D eigenvalue weighted by atomic mass is 10.2. The van der Waals surface area contributed by atoms with Crippen molar-refractivity contribution in [1.29, 1.82) is 0 Å². The number of amides is 2. The van der Waals surface area contributed by atoms with Gasteiger partial charge in [-0.15, -0.1) is 0 Å². The highest BCUT2D eigenvalue weighted by molar-refractivity contribution is 5.97. The summed E-state index contributed by atoms with van der Waals surface area (Å²) >= 11 is 0. The predicted octanol–water partition coefficient (Wildman–Crippen LogP) is 1.89. The molecule has 128 valence electrons. The Morgan fingerprint density at radius 3 is 2.39 bits per heavy atom. The molecule has 0 radical (unpaired) electrons. The van der Waals surface area contributed by atoms with Gasteiger partial charge in [-0.05, 0) is 32.0 Å². The number of ether oxygens (including phenoxy) is 2. The second kappa shape index (κ2) is 8.92. The van der Waals surface area contributed by atoms with E-state index in [1.165, 1.54) is 25.3 Å². The lowest BCUT2D eigenvalue weighted by Gasteiger charge is -2.18. The summed E-state index contributed by atoms with van der Waals surface area (Å²) in [5, 5.41) is 2.48. The Balaban J connectivity index is 2.75. The average Bonchev–Trinajstić information content (AvgIpc) is 2.53. The number of halogens is 2. The molecule has 0 saturated carbocycles. The summed E-state index contributed by atoms with van der Waals surface area (Å²) in [6, 6.07) is 3.80. The smallest absolute Gasteiger partial charge is 0.387 e. The maximum absolute atomic E-state index is 12.2. The van der Waals surface area contributed by atoms with E-state index in [1.54, 1.807) is 4.90 Å². The largest absolute Gasteiger partial charge is 0.493 e. The van der Waals surface area contributed by atoms with Crippen molar-refractivity contribution in [2.75, 3.05) is 26.7 Å². The molecule has 8 heteroatoms. The Kier molecular flexibility index (Phi) is 7.24. The van der Waals surface area contributed by atoms with Crippen LogP contribution in [0.3, 0.4) is 0 Å². The number of hydrogen-bond acceptors (Lipinski definition) is 4. The highest BCUT2D eigenvalue weighted by Crippen LogP contribution is 2.29. The summed E-state index contributed by atoms with van der Waals surface area (Å²) in [5.41, 5.74) is 0.177. The first-order valence-corrected chi connectivity index (χ1v) is 7.11. The van der Waals surface area contributed by atoms with Gasteiger partial charge < -0.3 is 19.7 Å². The Bertz CT molecular complexity index is 548. The first-order chi connectivity index (χ1) is 10.9. The monoisotopic (exact) mass is 330 g/mol. The van der Waals surface area contributed by atoms with Crippen LogP contribution < -0.4 is 14.8 Å².